The van der Waals surface area contributed by atoms with E-state index in [9.17, 15) is 9.59 Å². The lowest BCUT2D eigenvalue weighted by Gasteiger charge is -2.33. The molecule has 1 aromatic carbocycles. The molecule has 0 radical (unpaired) electrons. The largest absolute Gasteiger partial charge is 0.469 e. The van der Waals surface area contributed by atoms with Crippen molar-refractivity contribution in [2.75, 3.05) is 7.11 Å². The molecule has 1 aromatic heterocycles. The summed E-state index contributed by atoms with van der Waals surface area (Å²) in [5.74, 6) is -1.02. The van der Waals surface area contributed by atoms with Gasteiger partial charge in [-0.2, -0.15) is 0 Å². The van der Waals surface area contributed by atoms with Gasteiger partial charge in [0.15, 0.2) is 5.11 Å². The summed E-state index contributed by atoms with van der Waals surface area (Å²) in [6.07, 6.45) is 4.18. The Hall–Kier alpha value is -2.80. The van der Waals surface area contributed by atoms with Crippen molar-refractivity contribution in [3.8, 4) is 0 Å². The van der Waals surface area contributed by atoms with Gasteiger partial charge in [0.05, 0.1) is 19.1 Å². The second-order valence-corrected chi connectivity index (χ2v) is 7.27. The Kier molecular flexibility index (Phi) is 4.39. The first-order chi connectivity index (χ1) is 13.1. The smallest absolute Gasteiger partial charge is 0.311 e. The molecule has 0 aliphatic carbocycles. The average Bonchev–Trinajstić information content (AvgIpc) is 3.15. The Morgan fingerprint density at radius 3 is 2.78 bits per heavy atom. The molecule has 6 nitrogen and oxygen atoms in total. The zero-order valence-electron chi connectivity index (χ0n) is 14.8. The fourth-order valence-corrected chi connectivity index (χ4v) is 4.66. The van der Waals surface area contributed by atoms with E-state index in [1.807, 2.05) is 47.4 Å². The zero-order chi connectivity index (χ0) is 19.0. The first-order valence-electron chi connectivity index (χ1n) is 8.73. The summed E-state index contributed by atoms with van der Waals surface area (Å²) in [6, 6.07) is 13.1. The average molecular weight is 381 g/mol. The number of aromatic nitrogens is 1. The van der Waals surface area contributed by atoms with Gasteiger partial charge in [-0.15, -0.1) is 0 Å². The van der Waals surface area contributed by atoms with E-state index in [-0.39, 0.29) is 11.9 Å². The number of nitrogens with one attached hydrogen (secondary N) is 1. The first kappa shape index (κ1) is 17.6. The molecule has 1 amide bonds. The van der Waals surface area contributed by atoms with E-state index < -0.39 is 17.5 Å². The number of pyridine rings is 1. The van der Waals surface area contributed by atoms with Gasteiger partial charge < -0.3 is 15.0 Å². The van der Waals surface area contributed by atoms with Crippen molar-refractivity contribution < 1.29 is 14.3 Å². The summed E-state index contributed by atoms with van der Waals surface area (Å²) in [6.45, 7) is 0. The van der Waals surface area contributed by atoms with E-state index in [1.54, 1.807) is 12.4 Å². The van der Waals surface area contributed by atoms with E-state index in [4.69, 9.17) is 17.0 Å². The molecule has 0 spiro atoms. The predicted molar refractivity (Wildman–Crippen MR) is 103 cm³/mol. The molecule has 138 valence electrons. The standard InChI is InChI=1S/C20H19N3O3S/c1-26-17(24)15-11-20(10-13-6-3-2-4-7-13)18(25)22-19(27)23(20)16(15)14-8-5-9-21-12-14/h2-9,12,15-16H,10-11H2,1H3,(H,22,25,27)/t15?,16-,20-/m0/s1. The van der Waals surface area contributed by atoms with Gasteiger partial charge in [0.1, 0.15) is 5.54 Å². The van der Waals surface area contributed by atoms with E-state index in [0.29, 0.717) is 18.0 Å². The van der Waals surface area contributed by atoms with Crippen LogP contribution in [0.3, 0.4) is 0 Å². The van der Waals surface area contributed by atoms with Gasteiger partial charge >= 0.3 is 5.97 Å². The number of amides is 1. The number of rotatable bonds is 4. The number of benzene rings is 1. The normalized spacial score (nSPS) is 26.6. The van der Waals surface area contributed by atoms with Crippen LogP contribution in [-0.4, -0.2) is 39.5 Å². The summed E-state index contributed by atoms with van der Waals surface area (Å²) in [5.41, 5.74) is 0.928. The molecule has 3 heterocycles. The van der Waals surface area contributed by atoms with Crippen molar-refractivity contribution in [3.05, 3.63) is 66.0 Å². The molecule has 2 fully saturated rings. The maximum Gasteiger partial charge on any atom is 0.311 e. The van der Waals surface area contributed by atoms with Gasteiger partial charge in [-0.25, -0.2) is 0 Å². The highest BCUT2D eigenvalue weighted by Crippen LogP contribution is 2.50. The van der Waals surface area contributed by atoms with Gasteiger partial charge in [-0.1, -0.05) is 36.4 Å². The molecule has 1 N–H and O–H groups in total. The fourth-order valence-electron chi connectivity index (χ4n) is 4.28. The highest BCUT2D eigenvalue weighted by atomic mass is 32.1. The van der Waals surface area contributed by atoms with Crippen LogP contribution in [0.25, 0.3) is 0 Å². The van der Waals surface area contributed by atoms with Gasteiger partial charge in [0.2, 0.25) is 0 Å². The number of methoxy groups -OCH3 is 1. The lowest BCUT2D eigenvalue weighted by Crippen LogP contribution is -2.47. The molecule has 2 aliphatic rings. The van der Waals surface area contributed by atoms with Crippen LogP contribution in [0.15, 0.2) is 54.9 Å². The summed E-state index contributed by atoms with van der Waals surface area (Å²) in [5, 5.41) is 3.15. The molecule has 7 heteroatoms. The Morgan fingerprint density at radius 2 is 2.11 bits per heavy atom. The van der Waals surface area contributed by atoms with Crippen LogP contribution in [-0.2, 0) is 20.7 Å². The zero-order valence-corrected chi connectivity index (χ0v) is 15.6. The van der Waals surface area contributed by atoms with Crippen LogP contribution in [0.1, 0.15) is 23.6 Å². The van der Waals surface area contributed by atoms with Crippen LogP contribution in [0.2, 0.25) is 0 Å². The van der Waals surface area contributed by atoms with Crippen LogP contribution in [0, 0.1) is 5.92 Å². The Labute approximate surface area is 162 Å². The van der Waals surface area contributed by atoms with Crippen molar-refractivity contribution in [2.45, 2.75) is 24.4 Å². The summed E-state index contributed by atoms with van der Waals surface area (Å²) in [4.78, 5) is 31.7. The number of hydrogen-bond donors (Lipinski definition) is 1. The van der Waals surface area contributed by atoms with Crippen molar-refractivity contribution in [3.63, 3.8) is 0 Å². The molecule has 2 aromatic rings. The highest BCUT2D eigenvalue weighted by Gasteiger charge is 2.63. The molecule has 2 aliphatic heterocycles. The van der Waals surface area contributed by atoms with E-state index in [2.05, 4.69) is 10.3 Å². The van der Waals surface area contributed by atoms with Crippen molar-refractivity contribution in [1.82, 2.24) is 15.2 Å². The predicted octanol–water partition coefficient (Wildman–Crippen LogP) is 2.01. The number of hydrogen-bond acceptors (Lipinski definition) is 5. The highest BCUT2D eigenvalue weighted by molar-refractivity contribution is 7.80. The van der Waals surface area contributed by atoms with Crippen LogP contribution < -0.4 is 5.32 Å². The van der Waals surface area contributed by atoms with Crippen LogP contribution >= 0.6 is 12.2 Å². The maximum absolute atomic E-state index is 13.0. The fraction of sp³-hybridized carbons (Fsp3) is 0.300. The molecule has 2 saturated heterocycles. The van der Waals surface area contributed by atoms with Gasteiger partial charge in [0, 0.05) is 18.8 Å². The molecule has 3 atom stereocenters. The van der Waals surface area contributed by atoms with E-state index in [1.165, 1.54) is 7.11 Å². The van der Waals surface area contributed by atoms with Crippen molar-refractivity contribution >= 4 is 29.2 Å². The minimum absolute atomic E-state index is 0.170. The molecular formula is C20H19N3O3S. The number of esters is 1. The number of nitrogens with zero attached hydrogens (tertiary/aromatic N) is 2. The lowest BCUT2D eigenvalue weighted by atomic mass is 9.84. The number of fused-ring (bicyclic) bond motifs is 1. The summed E-state index contributed by atoms with van der Waals surface area (Å²) in [7, 11) is 1.37. The van der Waals surface area contributed by atoms with Crippen molar-refractivity contribution in [2.24, 2.45) is 5.92 Å². The Bertz CT molecular complexity index is 890. The third kappa shape index (κ3) is 2.78. The summed E-state index contributed by atoms with van der Waals surface area (Å²) >= 11 is 5.50. The number of ether oxygens (including phenoxy) is 1. The first-order valence-corrected chi connectivity index (χ1v) is 9.14. The van der Waals surface area contributed by atoms with Crippen molar-refractivity contribution in [1.29, 1.82) is 0 Å². The minimum Gasteiger partial charge on any atom is -0.469 e. The molecule has 27 heavy (non-hydrogen) atoms. The van der Waals surface area contributed by atoms with E-state index >= 15 is 0 Å². The molecule has 0 bridgehead atoms. The molecular weight excluding hydrogens is 362 g/mol. The molecule has 4 rings (SSSR count). The Morgan fingerprint density at radius 1 is 1.33 bits per heavy atom. The third-order valence-electron chi connectivity index (χ3n) is 5.41. The quantitative estimate of drug-likeness (QED) is 0.645. The van der Waals surface area contributed by atoms with Gasteiger partial charge in [-0.3, -0.25) is 14.6 Å². The lowest BCUT2D eigenvalue weighted by molar-refractivity contribution is -0.146. The minimum atomic E-state index is -0.919. The molecule has 1 unspecified atom stereocenters. The van der Waals surface area contributed by atoms with Crippen LogP contribution in [0.4, 0.5) is 0 Å². The van der Waals surface area contributed by atoms with Crippen LogP contribution in [0.5, 0.6) is 0 Å². The van der Waals surface area contributed by atoms with E-state index in [0.717, 1.165) is 11.1 Å². The topological polar surface area (TPSA) is 71.5 Å². The van der Waals surface area contributed by atoms with Gasteiger partial charge in [-0.05, 0) is 35.8 Å². The number of thiocarbonyl (C=S) groups is 1. The monoisotopic (exact) mass is 381 g/mol. The second-order valence-electron chi connectivity index (χ2n) is 6.89. The second kappa shape index (κ2) is 6.74. The molecule has 0 saturated carbocycles. The maximum atomic E-state index is 13.0. The SMILES string of the molecule is COC(=O)C1C[C@@]2(Cc3ccccc3)C(=O)NC(=S)N2[C@H]1c1cccnc1. The third-order valence-corrected chi connectivity index (χ3v) is 5.71. The number of carbonyl (C=O) groups excluding carboxylic acids is 2. The Balaban J connectivity index is 1.83. The number of carbonyl (C=O) groups is 2. The van der Waals surface area contributed by atoms with Gasteiger partial charge in [0.25, 0.3) is 5.91 Å². The summed E-state index contributed by atoms with van der Waals surface area (Å²) < 4.78 is 5.06.